The molecule has 0 saturated heterocycles. The van der Waals surface area contributed by atoms with Crippen LogP contribution < -0.4 is 15.0 Å². The summed E-state index contributed by atoms with van der Waals surface area (Å²) in [6.07, 6.45) is 3.62. The van der Waals surface area contributed by atoms with Gasteiger partial charge in [-0.1, -0.05) is 34.1 Å². The Morgan fingerprint density at radius 2 is 1.91 bits per heavy atom. The Morgan fingerprint density at radius 1 is 1.13 bits per heavy atom. The highest BCUT2D eigenvalue weighted by Crippen LogP contribution is 2.37. The lowest BCUT2D eigenvalue weighted by Crippen LogP contribution is -2.09. The molecule has 0 atom stereocenters. The molecule has 0 spiro atoms. The maximum Gasteiger partial charge on any atom is 0.259 e. The number of nitrogens with one attached hydrogen (secondary N) is 1. The minimum atomic E-state index is -0.153. The molecule has 1 N–H and O–H groups in total. The highest BCUT2D eigenvalue weighted by molar-refractivity contribution is 9.10. The fourth-order valence-corrected chi connectivity index (χ4v) is 2.87. The summed E-state index contributed by atoms with van der Waals surface area (Å²) in [7, 11) is 0. The third kappa shape index (κ3) is 2.61. The standard InChI is InChI=1S/C17H11BrN2O3/c18-12-8-15-14(22-9-23-15)7-10(12)5-6-16-19-13-4-2-1-3-11(13)17(21)20-16/h1-8H,9H2,(H,19,20,21)/b6-5+. The van der Waals surface area contributed by atoms with Crippen LogP contribution in [0.25, 0.3) is 23.1 Å². The fraction of sp³-hybridized carbons (Fsp3) is 0.0588. The molecule has 2 heterocycles. The summed E-state index contributed by atoms with van der Waals surface area (Å²) in [6, 6.07) is 11.0. The van der Waals surface area contributed by atoms with E-state index in [1.807, 2.05) is 36.4 Å². The van der Waals surface area contributed by atoms with Gasteiger partial charge in [0.1, 0.15) is 5.82 Å². The first-order chi connectivity index (χ1) is 11.2. The molecular formula is C17H11BrN2O3. The van der Waals surface area contributed by atoms with Crippen LogP contribution in [-0.2, 0) is 0 Å². The third-order valence-corrected chi connectivity index (χ3v) is 4.23. The van der Waals surface area contributed by atoms with Crippen molar-refractivity contribution >= 4 is 39.0 Å². The minimum Gasteiger partial charge on any atom is -0.454 e. The average molecular weight is 371 g/mol. The average Bonchev–Trinajstić information content (AvgIpc) is 3.00. The summed E-state index contributed by atoms with van der Waals surface area (Å²) in [5.74, 6) is 1.91. The molecule has 1 aromatic heterocycles. The molecule has 1 aliphatic rings. The summed E-state index contributed by atoms with van der Waals surface area (Å²) in [6.45, 7) is 0.231. The van der Waals surface area contributed by atoms with Crippen molar-refractivity contribution in [2.75, 3.05) is 6.79 Å². The number of benzene rings is 2. The van der Waals surface area contributed by atoms with Crippen LogP contribution in [0.5, 0.6) is 11.5 Å². The molecule has 3 aromatic rings. The van der Waals surface area contributed by atoms with Crippen molar-refractivity contribution in [2.45, 2.75) is 0 Å². The van der Waals surface area contributed by atoms with Gasteiger partial charge in [-0.3, -0.25) is 4.79 Å². The number of nitrogens with zero attached hydrogens (tertiary/aromatic N) is 1. The normalized spacial score (nSPS) is 13.1. The third-order valence-electron chi connectivity index (χ3n) is 3.54. The quantitative estimate of drug-likeness (QED) is 0.748. The van der Waals surface area contributed by atoms with Gasteiger partial charge in [0.2, 0.25) is 6.79 Å². The second-order valence-corrected chi connectivity index (χ2v) is 5.88. The molecular weight excluding hydrogens is 360 g/mol. The Kier molecular flexibility index (Phi) is 3.38. The summed E-state index contributed by atoms with van der Waals surface area (Å²) in [5, 5.41) is 0.578. The largest absolute Gasteiger partial charge is 0.454 e. The zero-order valence-corrected chi connectivity index (χ0v) is 13.5. The zero-order chi connectivity index (χ0) is 15.8. The smallest absolute Gasteiger partial charge is 0.259 e. The first kappa shape index (κ1) is 14.0. The predicted molar refractivity (Wildman–Crippen MR) is 91.6 cm³/mol. The first-order valence-corrected chi connectivity index (χ1v) is 7.76. The lowest BCUT2D eigenvalue weighted by molar-refractivity contribution is 0.174. The summed E-state index contributed by atoms with van der Waals surface area (Å²) in [5.41, 5.74) is 1.42. The Hall–Kier alpha value is -2.60. The monoisotopic (exact) mass is 370 g/mol. The summed E-state index contributed by atoms with van der Waals surface area (Å²) >= 11 is 3.50. The van der Waals surface area contributed by atoms with E-state index >= 15 is 0 Å². The minimum absolute atomic E-state index is 0.153. The molecule has 0 unspecified atom stereocenters. The van der Waals surface area contributed by atoms with E-state index in [0.717, 1.165) is 10.0 Å². The maximum atomic E-state index is 12.1. The van der Waals surface area contributed by atoms with Crippen molar-refractivity contribution in [1.29, 1.82) is 0 Å². The number of fused-ring (bicyclic) bond motifs is 2. The van der Waals surface area contributed by atoms with Gasteiger partial charge in [-0.25, -0.2) is 4.98 Å². The van der Waals surface area contributed by atoms with Gasteiger partial charge in [-0.15, -0.1) is 0 Å². The second-order valence-electron chi connectivity index (χ2n) is 5.03. The Labute approximate surface area is 139 Å². The lowest BCUT2D eigenvalue weighted by atomic mass is 10.2. The number of aromatic amines is 1. The topological polar surface area (TPSA) is 64.2 Å². The number of aromatic nitrogens is 2. The molecule has 1 aliphatic heterocycles. The number of hydrogen-bond donors (Lipinski definition) is 1. The molecule has 0 fully saturated rings. The lowest BCUT2D eigenvalue weighted by Gasteiger charge is -2.02. The van der Waals surface area contributed by atoms with Crippen LogP contribution in [-0.4, -0.2) is 16.8 Å². The SMILES string of the molecule is O=c1[nH]c(/C=C/c2cc3c(cc2Br)OCO3)nc2ccccc12. The molecule has 23 heavy (non-hydrogen) atoms. The molecule has 0 aliphatic carbocycles. The van der Waals surface area contributed by atoms with Crippen LogP contribution in [0.15, 0.2) is 45.7 Å². The summed E-state index contributed by atoms with van der Waals surface area (Å²) in [4.78, 5) is 19.3. The van der Waals surface area contributed by atoms with E-state index in [9.17, 15) is 4.79 Å². The van der Waals surface area contributed by atoms with Crippen LogP contribution in [0.2, 0.25) is 0 Å². The fourth-order valence-electron chi connectivity index (χ4n) is 2.41. The number of H-pyrrole nitrogens is 1. The van der Waals surface area contributed by atoms with Crippen LogP contribution in [0, 0.1) is 0 Å². The van der Waals surface area contributed by atoms with Crippen molar-refractivity contribution in [3.05, 3.63) is 62.6 Å². The van der Waals surface area contributed by atoms with Gasteiger partial charge >= 0.3 is 0 Å². The number of halogens is 1. The van der Waals surface area contributed by atoms with Crippen molar-refractivity contribution in [2.24, 2.45) is 0 Å². The zero-order valence-electron chi connectivity index (χ0n) is 11.9. The first-order valence-electron chi connectivity index (χ1n) is 6.97. The van der Waals surface area contributed by atoms with Gasteiger partial charge < -0.3 is 14.5 Å². The molecule has 4 rings (SSSR count). The van der Waals surface area contributed by atoms with Crippen molar-refractivity contribution in [3.8, 4) is 11.5 Å². The van der Waals surface area contributed by atoms with E-state index in [4.69, 9.17) is 9.47 Å². The van der Waals surface area contributed by atoms with Gasteiger partial charge in [-0.2, -0.15) is 0 Å². The van der Waals surface area contributed by atoms with Gasteiger partial charge in [0.05, 0.1) is 10.9 Å². The molecule has 0 amide bonds. The van der Waals surface area contributed by atoms with Crippen LogP contribution in [0.4, 0.5) is 0 Å². The number of hydrogen-bond acceptors (Lipinski definition) is 4. The van der Waals surface area contributed by atoms with E-state index in [-0.39, 0.29) is 12.4 Å². The van der Waals surface area contributed by atoms with Crippen molar-refractivity contribution in [1.82, 2.24) is 9.97 Å². The van der Waals surface area contributed by atoms with Gasteiger partial charge in [0.15, 0.2) is 11.5 Å². The predicted octanol–water partition coefficient (Wildman–Crippen LogP) is 3.58. The van der Waals surface area contributed by atoms with Crippen LogP contribution in [0.3, 0.4) is 0 Å². The Balaban J connectivity index is 1.73. The highest BCUT2D eigenvalue weighted by atomic mass is 79.9. The van der Waals surface area contributed by atoms with Crippen molar-refractivity contribution in [3.63, 3.8) is 0 Å². The van der Waals surface area contributed by atoms with Gasteiger partial charge in [0, 0.05) is 4.47 Å². The molecule has 0 saturated carbocycles. The number of rotatable bonds is 2. The van der Waals surface area contributed by atoms with E-state index in [1.165, 1.54) is 0 Å². The van der Waals surface area contributed by atoms with Gasteiger partial charge in [0.25, 0.3) is 5.56 Å². The van der Waals surface area contributed by atoms with E-state index < -0.39 is 0 Å². The molecule has 114 valence electrons. The van der Waals surface area contributed by atoms with Crippen molar-refractivity contribution < 1.29 is 9.47 Å². The van der Waals surface area contributed by atoms with E-state index in [1.54, 1.807) is 12.1 Å². The van der Waals surface area contributed by atoms with Crippen LogP contribution in [0.1, 0.15) is 11.4 Å². The molecule has 2 aromatic carbocycles. The van der Waals surface area contributed by atoms with Gasteiger partial charge in [-0.05, 0) is 35.9 Å². The molecule has 0 bridgehead atoms. The second kappa shape index (κ2) is 5.55. The number of ether oxygens (including phenoxy) is 2. The van der Waals surface area contributed by atoms with Crippen LogP contribution >= 0.6 is 15.9 Å². The Morgan fingerprint density at radius 3 is 2.78 bits per heavy atom. The highest BCUT2D eigenvalue weighted by Gasteiger charge is 2.15. The molecule has 6 heteroatoms. The maximum absolute atomic E-state index is 12.1. The summed E-state index contributed by atoms with van der Waals surface area (Å²) < 4.78 is 11.6. The molecule has 5 nitrogen and oxygen atoms in total. The number of para-hydroxylation sites is 1. The van der Waals surface area contributed by atoms with E-state index in [0.29, 0.717) is 28.2 Å². The van der Waals surface area contributed by atoms with E-state index in [2.05, 4.69) is 25.9 Å². The molecule has 0 radical (unpaired) electrons. The Bertz CT molecular complexity index is 995.